The van der Waals surface area contributed by atoms with Gasteiger partial charge in [-0.25, -0.2) is 12.8 Å². The third-order valence-corrected chi connectivity index (χ3v) is 10.8. The van der Waals surface area contributed by atoms with Gasteiger partial charge in [-0.1, -0.05) is 17.7 Å². The van der Waals surface area contributed by atoms with Crippen molar-refractivity contribution in [3.8, 4) is 11.5 Å². The van der Waals surface area contributed by atoms with Crippen LogP contribution in [0.15, 0.2) is 64.1 Å². The van der Waals surface area contributed by atoms with Crippen molar-refractivity contribution >= 4 is 43.9 Å². The lowest BCUT2D eigenvalue weighted by molar-refractivity contribution is 0.325. The number of thioether (sulfide) groups is 1. The number of aromatic nitrogens is 3. The highest BCUT2D eigenvalue weighted by Gasteiger charge is 2.57. The Hall–Kier alpha value is -2.76. The smallest absolute Gasteiger partial charge is 0.254 e. The number of hydrogen-bond donors (Lipinski definition) is 1. The first-order valence-electron chi connectivity index (χ1n) is 10.7. The van der Waals surface area contributed by atoms with Crippen LogP contribution >= 0.6 is 23.4 Å². The van der Waals surface area contributed by atoms with E-state index in [0.717, 1.165) is 11.8 Å². The van der Waals surface area contributed by atoms with Crippen LogP contribution in [-0.2, 0) is 14.6 Å². The first-order valence-corrected chi connectivity index (χ1v) is 13.6. The molecule has 0 saturated carbocycles. The fraction of sp³-hybridized carbons (Fsp3) is 0.304. The quantitative estimate of drug-likeness (QED) is 0.532. The molecule has 3 aromatic rings. The van der Waals surface area contributed by atoms with Gasteiger partial charge in [-0.2, -0.15) is 0 Å². The average molecular weight is 534 g/mol. The molecule has 2 aliphatic rings. The monoisotopic (exact) mass is 533 g/mol. The summed E-state index contributed by atoms with van der Waals surface area (Å²) in [5, 5.41) is 7.80. The van der Waals surface area contributed by atoms with Crippen molar-refractivity contribution in [3.63, 3.8) is 0 Å². The van der Waals surface area contributed by atoms with Crippen LogP contribution in [0.2, 0.25) is 5.02 Å². The van der Waals surface area contributed by atoms with Crippen LogP contribution < -0.4 is 5.73 Å². The van der Waals surface area contributed by atoms with Gasteiger partial charge in [-0.15, -0.1) is 22.0 Å². The summed E-state index contributed by atoms with van der Waals surface area (Å²) in [5.74, 6) is -0.110. The third kappa shape index (κ3) is 3.95. The van der Waals surface area contributed by atoms with E-state index in [9.17, 15) is 8.42 Å². The van der Waals surface area contributed by atoms with Crippen LogP contribution in [0.3, 0.4) is 0 Å². The minimum atomic E-state index is -3.89. The lowest BCUT2D eigenvalue weighted by Crippen LogP contribution is -2.59. The molecule has 2 unspecified atom stereocenters. The zero-order chi connectivity index (χ0) is 25.0. The van der Waals surface area contributed by atoms with E-state index in [1.165, 1.54) is 19.2 Å². The molecule has 0 spiro atoms. The Morgan fingerprint density at radius 2 is 1.86 bits per heavy atom. The maximum atomic E-state index is 15.3. The standard InChI is InChI=1S/C23H21ClFN5O3S2/c1-22(12-35(31,32)23(2,21(26)28-22)17-5-3-4-10-27-17)18-15(25)11-16(34-18)20-30-29-19(33-20)13-6-8-14(24)9-7-13/h3-11,15,18H,12H2,1-2H3,(H2,26,28)/t15?,18?,22-,23-/m0/s1. The van der Waals surface area contributed by atoms with E-state index in [1.54, 1.807) is 49.4 Å². The zero-order valence-corrected chi connectivity index (χ0v) is 21.1. The predicted octanol–water partition coefficient (Wildman–Crippen LogP) is 4.04. The van der Waals surface area contributed by atoms with Gasteiger partial charge in [0.2, 0.25) is 5.89 Å². The van der Waals surface area contributed by atoms with Gasteiger partial charge in [-0.05, 0) is 56.3 Å². The lowest BCUT2D eigenvalue weighted by Gasteiger charge is -2.42. The van der Waals surface area contributed by atoms with Crippen molar-refractivity contribution in [3.05, 3.63) is 71.3 Å². The molecule has 0 amide bonds. The Kier molecular flexibility index (Phi) is 5.77. The summed E-state index contributed by atoms with van der Waals surface area (Å²) in [6, 6.07) is 11.8. The van der Waals surface area contributed by atoms with Gasteiger partial charge in [0.15, 0.2) is 14.6 Å². The first-order chi connectivity index (χ1) is 16.5. The first kappa shape index (κ1) is 24.0. The van der Waals surface area contributed by atoms with Gasteiger partial charge in [0.1, 0.15) is 12.0 Å². The molecule has 2 N–H and O–H groups in total. The number of aliphatic imine (C=N–C) groups is 1. The van der Waals surface area contributed by atoms with Crippen LogP contribution in [0.4, 0.5) is 4.39 Å². The number of nitrogens with two attached hydrogens (primary N) is 1. The second-order valence-electron chi connectivity index (χ2n) is 8.79. The minimum absolute atomic E-state index is 0.117. The molecule has 12 heteroatoms. The van der Waals surface area contributed by atoms with Crippen molar-refractivity contribution in [2.45, 2.75) is 35.6 Å². The molecule has 0 fully saturated rings. The van der Waals surface area contributed by atoms with Crippen LogP contribution in [0.25, 0.3) is 16.4 Å². The molecule has 2 aliphatic heterocycles. The van der Waals surface area contributed by atoms with E-state index in [2.05, 4.69) is 20.2 Å². The number of hydrogen-bond acceptors (Lipinski definition) is 9. The van der Waals surface area contributed by atoms with E-state index in [4.69, 9.17) is 21.8 Å². The summed E-state index contributed by atoms with van der Waals surface area (Å²) < 4.78 is 46.5. The van der Waals surface area contributed by atoms with Crippen LogP contribution in [-0.4, -0.2) is 52.1 Å². The molecule has 1 aromatic carbocycles. The molecule has 182 valence electrons. The van der Waals surface area contributed by atoms with Gasteiger partial charge in [0.25, 0.3) is 5.89 Å². The molecule has 4 heterocycles. The molecule has 2 aromatic heterocycles. The molecular formula is C23H21ClFN5O3S2. The highest BCUT2D eigenvalue weighted by molar-refractivity contribution is 8.09. The molecule has 35 heavy (non-hydrogen) atoms. The number of nitrogens with zero attached hydrogens (tertiary/aromatic N) is 4. The minimum Gasteiger partial charge on any atom is -0.416 e. The second kappa shape index (κ2) is 8.42. The molecule has 8 nitrogen and oxygen atoms in total. The predicted molar refractivity (Wildman–Crippen MR) is 134 cm³/mol. The second-order valence-corrected chi connectivity index (χ2v) is 12.7. The normalized spacial score (nSPS) is 30.1. The number of halogens is 2. The zero-order valence-electron chi connectivity index (χ0n) is 18.7. The summed E-state index contributed by atoms with van der Waals surface area (Å²) in [6.45, 7) is 3.08. The number of rotatable bonds is 4. The van der Waals surface area contributed by atoms with Crippen LogP contribution in [0.1, 0.15) is 25.4 Å². The summed E-state index contributed by atoms with van der Waals surface area (Å²) >= 11 is 7.04. The molecule has 0 bridgehead atoms. The summed E-state index contributed by atoms with van der Waals surface area (Å²) in [5.41, 5.74) is 5.89. The maximum absolute atomic E-state index is 15.3. The molecule has 0 aliphatic carbocycles. The van der Waals surface area contributed by atoms with E-state index in [-0.39, 0.29) is 23.3 Å². The van der Waals surface area contributed by atoms with Crippen molar-refractivity contribution in [1.82, 2.24) is 15.2 Å². The topological polar surface area (TPSA) is 124 Å². The Morgan fingerprint density at radius 3 is 2.51 bits per heavy atom. The third-order valence-electron chi connectivity index (χ3n) is 6.32. The van der Waals surface area contributed by atoms with Gasteiger partial charge < -0.3 is 10.2 Å². The number of amidine groups is 1. The van der Waals surface area contributed by atoms with Crippen molar-refractivity contribution in [2.75, 3.05) is 5.75 Å². The van der Waals surface area contributed by atoms with Crippen LogP contribution in [0.5, 0.6) is 0 Å². The SMILES string of the molecule is C[C@@]1(C2SC(c3nnc(-c4ccc(Cl)cc4)o3)=CC2F)CS(=O)(=O)[C@@](C)(c2ccccn2)C(N)=N1. The number of benzene rings is 1. The Balaban J connectivity index is 1.44. The fourth-order valence-corrected chi connectivity index (χ4v) is 7.88. The number of pyridine rings is 1. The Labute approximate surface area is 210 Å². The van der Waals surface area contributed by atoms with Gasteiger partial charge in [-0.3, -0.25) is 9.98 Å². The Bertz CT molecular complexity index is 1450. The number of allylic oxidation sites excluding steroid dienone is 1. The largest absolute Gasteiger partial charge is 0.416 e. The van der Waals surface area contributed by atoms with Crippen LogP contribution in [0, 0.1) is 0 Å². The van der Waals surface area contributed by atoms with Gasteiger partial charge in [0.05, 0.1) is 27.1 Å². The van der Waals surface area contributed by atoms with E-state index in [0.29, 0.717) is 15.5 Å². The summed E-state index contributed by atoms with van der Waals surface area (Å²) in [7, 11) is -3.89. The van der Waals surface area contributed by atoms with Crippen molar-refractivity contribution in [1.29, 1.82) is 0 Å². The summed E-state index contributed by atoms with van der Waals surface area (Å²) in [4.78, 5) is 9.18. The van der Waals surface area contributed by atoms with Gasteiger partial charge >= 0.3 is 0 Å². The van der Waals surface area contributed by atoms with Gasteiger partial charge in [0, 0.05) is 16.8 Å². The fourth-order valence-electron chi connectivity index (χ4n) is 4.28. The molecule has 0 radical (unpaired) electrons. The molecule has 4 atom stereocenters. The van der Waals surface area contributed by atoms with E-state index < -0.39 is 37.3 Å². The summed E-state index contributed by atoms with van der Waals surface area (Å²) in [6.07, 6.45) is 1.35. The molecular weight excluding hydrogens is 513 g/mol. The average Bonchev–Trinajstić information content (AvgIpc) is 3.45. The van der Waals surface area contributed by atoms with Crippen molar-refractivity contribution < 1.29 is 17.2 Å². The highest BCUT2D eigenvalue weighted by atomic mass is 35.5. The Morgan fingerprint density at radius 1 is 1.14 bits per heavy atom. The number of alkyl halides is 1. The van der Waals surface area contributed by atoms with E-state index in [1.807, 2.05) is 0 Å². The van der Waals surface area contributed by atoms with Crippen molar-refractivity contribution in [2.24, 2.45) is 10.7 Å². The molecule has 5 rings (SSSR count). The maximum Gasteiger partial charge on any atom is 0.254 e. The van der Waals surface area contributed by atoms with E-state index >= 15 is 4.39 Å². The highest BCUT2D eigenvalue weighted by Crippen LogP contribution is 2.49. The number of sulfone groups is 1. The molecule has 0 saturated heterocycles. The lowest BCUT2D eigenvalue weighted by atomic mass is 9.95.